The normalized spacial score (nSPS) is 19.8. The summed E-state index contributed by atoms with van der Waals surface area (Å²) in [6.45, 7) is 1.15. The number of likely N-dealkylation sites (N-methyl/N-ethyl adjacent to an activating group) is 1. The molecule has 0 amide bonds. The molecule has 1 aromatic carbocycles. The first kappa shape index (κ1) is 15.8. The van der Waals surface area contributed by atoms with E-state index in [1.165, 1.54) is 0 Å². The predicted octanol–water partition coefficient (Wildman–Crippen LogP) is 1.11. The van der Waals surface area contributed by atoms with Gasteiger partial charge in [0.15, 0.2) is 0 Å². The van der Waals surface area contributed by atoms with Crippen LogP contribution in [0.25, 0.3) is 0 Å². The SMILES string of the molecule is CN1CCCC1CNS(=O)(=O)c1ccc([N+](=O)[O-])c(F)c1. The summed E-state index contributed by atoms with van der Waals surface area (Å²) in [4.78, 5) is 11.4. The van der Waals surface area contributed by atoms with Crippen molar-refractivity contribution in [1.29, 1.82) is 0 Å². The van der Waals surface area contributed by atoms with Gasteiger partial charge in [-0.2, -0.15) is 4.39 Å². The molecule has 0 saturated carbocycles. The molecule has 0 aliphatic carbocycles. The highest BCUT2D eigenvalue weighted by molar-refractivity contribution is 7.89. The number of nitro groups is 1. The minimum atomic E-state index is -3.88. The fourth-order valence-corrected chi connectivity index (χ4v) is 3.41. The van der Waals surface area contributed by atoms with Crippen molar-refractivity contribution in [3.63, 3.8) is 0 Å². The van der Waals surface area contributed by atoms with Crippen LogP contribution in [-0.2, 0) is 10.0 Å². The minimum Gasteiger partial charge on any atom is -0.302 e. The Balaban J connectivity index is 2.12. The molecule has 0 aromatic heterocycles. The summed E-state index contributed by atoms with van der Waals surface area (Å²) in [5.41, 5.74) is -0.746. The fraction of sp³-hybridized carbons (Fsp3) is 0.500. The van der Waals surface area contributed by atoms with Crippen LogP contribution in [0.2, 0.25) is 0 Å². The number of nitro benzene ring substituents is 1. The average Bonchev–Trinajstić information content (AvgIpc) is 2.81. The number of sulfonamides is 1. The molecule has 9 heteroatoms. The van der Waals surface area contributed by atoms with E-state index in [2.05, 4.69) is 9.62 Å². The van der Waals surface area contributed by atoms with Gasteiger partial charge in [-0.05, 0) is 32.5 Å². The van der Waals surface area contributed by atoms with Gasteiger partial charge >= 0.3 is 5.69 Å². The van der Waals surface area contributed by atoms with Crippen molar-refractivity contribution >= 4 is 15.7 Å². The van der Waals surface area contributed by atoms with Crippen LogP contribution < -0.4 is 4.72 Å². The third-order valence-corrected chi connectivity index (χ3v) is 5.03. The smallest absolute Gasteiger partial charge is 0.302 e. The van der Waals surface area contributed by atoms with Crippen molar-refractivity contribution < 1.29 is 17.7 Å². The summed E-state index contributed by atoms with van der Waals surface area (Å²) >= 11 is 0. The van der Waals surface area contributed by atoms with Gasteiger partial charge in [-0.25, -0.2) is 13.1 Å². The molecule has 1 heterocycles. The van der Waals surface area contributed by atoms with E-state index in [1.807, 2.05) is 7.05 Å². The fourth-order valence-electron chi connectivity index (χ4n) is 2.33. The first-order valence-electron chi connectivity index (χ1n) is 6.45. The highest BCUT2D eigenvalue weighted by Crippen LogP contribution is 2.21. The van der Waals surface area contributed by atoms with E-state index in [4.69, 9.17) is 0 Å². The Bertz CT molecular complexity index is 650. The molecule has 0 radical (unpaired) electrons. The Labute approximate surface area is 122 Å². The van der Waals surface area contributed by atoms with E-state index in [1.54, 1.807) is 0 Å². The lowest BCUT2D eigenvalue weighted by atomic mass is 10.2. The van der Waals surface area contributed by atoms with Crippen molar-refractivity contribution in [2.24, 2.45) is 0 Å². The Kier molecular flexibility index (Phi) is 4.55. The first-order chi connectivity index (χ1) is 9.81. The van der Waals surface area contributed by atoms with Gasteiger partial charge in [0.2, 0.25) is 15.8 Å². The second kappa shape index (κ2) is 6.04. The van der Waals surface area contributed by atoms with Gasteiger partial charge in [0, 0.05) is 24.7 Å². The number of halogens is 1. The van der Waals surface area contributed by atoms with Gasteiger partial charge in [-0.1, -0.05) is 0 Å². The zero-order valence-electron chi connectivity index (χ0n) is 11.5. The van der Waals surface area contributed by atoms with E-state index in [-0.39, 0.29) is 17.5 Å². The van der Waals surface area contributed by atoms with Gasteiger partial charge in [-0.3, -0.25) is 10.1 Å². The molecule has 0 spiro atoms. The predicted molar refractivity (Wildman–Crippen MR) is 73.9 cm³/mol. The van der Waals surface area contributed by atoms with Gasteiger partial charge < -0.3 is 4.90 Å². The van der Waals surface area contributed by atoms with Gasteiger partial charge in [-0.15, -0.1) is 0 Å². The second-order valence-electron chi connectivity index (χ2n) is 5.00. The summed E-state index contributed by atoms with van der Waals surface area (Å²) in [6, 6.07) is 2.66. The Hall–Kier alpha value is -1.58. The van der Waals surface area contributed by atoms with Crippen molar-refractivity contribution in [2.75, 3.05) is 20.1 Å². The molecule has 1 aliphatic heterocycles. The third-order valence-electron chi connectivity index (χ3n) is 3.61. The van der Waals surface area contributed by atoms with Crippen molar-refractivity contribution in [1.82, 2.24) is 9.62 Å². The minimum absolute atomic E-state index is 0.114. The van der Waals surface area contributed by atoms with Crippen LogP contribution in [0.15, 0.2) is 23.1 Å². The van der Waals surface area contributed by atoms with E-state index in [9.17, 15) is 22.9 Å². The summed E-state index contributed by atoms with van der Waals surface area (Å²) in [5.74, 6) is -1.17. The lowest BCUT2D eigenvalue weighted by molar-refractivity contribution is -0.387. The van der Waals surface area contributed by atoms with Gasteiger partial charge in [0.1, 0.15) is 0 Å². The molecular formula is C12H16FN3O4S. The topological polar surface area (TPSA) is 92.6 Å². The van der Waals surface area contributed by atoms with E-state index < -0.39 is 26.5 Å². The van der Waals surface area contributed by atoms with Gasteiger partial charge in [0.25, 0.3) is 0 Å². The van der Waals surface area contributed by atoms with Crippen molar-refractivity contribution in [3.05, 3.63) is 34.1 Å². The average molecular weight is 317 g/mol. The summed E-state index contributed by atoms with van der Waals surface area (Å²) < 4.78 is 40.0. The molecule has 116 valence electrons. The number of rotatable bonds is 5. The number of hydrogen-bond acceptors (Lipinski definition) is 5. The third kappa shape index (κ3) is 3.55. The van der Waals surface area contributed by atoms with Crippen molar-refractivity contribution in [2.45, 2.75) is 23.8 Å². The number of benzene rings is 1. The zero-order chi connectivity index (χ0) is 15.6. The van der Waals surface area contributed by atoms with Crippen molar-refractivity contribution in [3.8, 4) is 0 Å². The van der Waals surface area contributed by atoms with Crippen LogP contribution in [0.5, 0.6) is 0 Å². The highest BCUT2D eigenvalue weighted by Gasteiger charge is 2.25. The number of hydrogen-bond donors (Lipinski definition) is 1. The molecule has 1 atom stereocenters. The lowest BCUT2D eigenvalue weighted by Crippen LogP contribution is -2.38. The second-order valence-corrected chi connectivity index (χ2v) is 6.77. The van der Waals surface area contributed by atoms with Gasteiger partial charge in [0.05, 0.1) is 9.82 Å². The molecule has 0 bridgehead atoms. The number of nitrogens with zero attached hydrogens (tertiary/aromatic N) is 2. The van der Waals surface area contributed by atoms with Crippen LogP contribution in [-0.4, -0.2) is 44.4 Å². The maximum Gasteiger partial charge on any atom is 0.304 e. The molecule has 1 saturated heterocycles. The Morgan fingerprint density at radius 1 is 1.52 bits per heavy atom. The molecule has 1 fully saturated rings. The Morgan fingerprint density at radius 2 is 2.24 bits per heavy atom. The lowest BCUT2D eigenvalue weighted by Gasteiger charge is -2.19. The zero-order valence-corrected chi connectivity index (χ0v) is 12.3. The monoisotopic (exact) mass is 317 g/mol. The van der Waals surface area contributed by atoms with E-state index >= 15 is 0 Å². The van der Waals surface area contributed by atoms with Crippen LogP contribution in [0.4, 0.5) is 10.1 Å². The van der Waals surface area contributed by atoms with E-state index in [0.717, 1.165) is 31.5 Å². The maximum absolute atomic E-state index is 13.5. The van der Waals surface area contributed by atoms with Crippen LogP contribution >= 0.6 is 0 Å². The standard InChI is InChI=1S/C12H16FN3O4S/c1-15-6-2-3-9(15)8-14-21(19,20)10-4-5-12(16(17)18)11(13)7-10/h4-5,7,9,14H,2-3,6,8H2,1H3. The van der Waals surface area contributed by atoms with Crippen LogP contribution in [0.1, 0.15) is 12.8 Å². The first-order valence-corrected chi connectivity index (χ1v) is 7.93. The summed E-state index contributed by atoms with van der Waals surface area (Å²) in [5, 5.41) is 10.5. The highest BCUT2D eigenvalue weighted by atomic mass is 32.2. The number of nitrogens with one attached hydrogen (secondary N) is 1. The van der Waals surface area contributed by atoms with Crippen LogP contribution in [0.3, 0.4) is 0 Å². The number of likely N-dealkylation sites (tertiary alicyclic amines) is 1. The molecule has 1 N–H and O–H groups in total. The molecular weight excluding hydrogens is 301 g/mol. The Morgan fingerprint density at radius 3 is 2.76 bits per heavy atom. The molecule has 21 heavy (non-hydrogen) atoms. The molecule has 7 nitrogen and oxygen atoms in total. The quantitative estimate of drug-likeness (QED) is 0.648. The summed E-state index contributed by atoms with van der Waals surface area (Å²) in [7, 11) is -1.96. The molecule has 1 aliphatic rings. The summed E-state index contributed by atoms with van der Waals surface area (Å²) in [6.07, 6.45) is 1.91. The van der Waals surface area contributed by atoms with Crippen LogP contribution in [0, 0.1) is 15.9 Å². The molecule has 1 aromatic rings. The molecule has 2 rings (SSSR count). The molecule has 1 unspecified atom stereocenters. The largest absolute Gasteiger partial charge is 0.304 e. The van der Waals surface area contributed by atoms with E-state index in [0.29, 0.717) is 6.07 Å². The maximum atomic E-state index is 13.5.